The quantitative estimate of drug-likeness (QED) is 0.428. The van der Waals surface area contributed by atoms with Crippen molar-refractivity contribution in [1.82, 2.24) is 14.8 Å². The maximum absolute atomic E-state index is 12.5. The molecule has 2 aromatic heterocycles. The van der Waals surface area contributed by atoms with Crippen LogP contribution >= 0.6 is 11.3 Å². The van der Waals surface area contributed by atoms with Crippen LogP contribution in [0, 0.1) is 20.8 Å². The van der Waals surface area contributed by atoms with E-state index in [2.05, 4.69) is 22.5 Å². The third kappa shape index (κ3) is 4.73. The zero-order valence-electron chi connectivity index (χ0n) is 18.1. The highest BCUT2D eigenvalue weighted by Gasteiger charge is 2.17. The van der Waals surface area contributed by atoms with Gasteiger partial charge in [0, 0.05) is 12.5 Å². The van der Waals surface area contributed by atoms with Crippen LogP contribution in [-0.4, -0.2) is 34.8 Å². The Hall–Kier alpha value is -3.04. The summed E-state index contributed by atoms with van der Waals surface area (Å²) in [6.07, 6.45) is 0.324. The van der Waals surface area contributed by atoms with Gasteiger partial charge in [-0.2, -0.15) is 9.78 Å². The van der Waals surface area contributed by atoms with Crippen LogP contribution < -0.4 is 5.32 Å². The van der Waals surface area contributed by atoms with E-state index in [-0.39, 0.29) is 29.4 Å². The van der Waals surface area contributed by atoms with Crippen molar-refractivity contribution >= 4 is 43.1 Å². The number of aryl methyl sites for hydroxylation is 3. The van der Waals surface area contributed by atoms with Crippen molar-refractivity contribution in [3.63, 3.8) is 0 Å². The molecule has 4 aromatic rings. The molecular weight excluding hydrogens is 444 g/mol. The molecule has 4 rings (SSSR count). The Bertz CT molecular complexity index is 1390. The maximum atomic E-state index is 12.5. The van der Waals surface area contributed by atoms with E-state index in [1.807, 2.05) is 20.8 Å². The smallest absolute Gasteiger partial charge is 0.225 e. The molecule has 0 aliphatic heterocycles. The molecule has 1 amide bonds. The van der Waals surface area contributed by atoms with E-state index in [0.29, 0.717) is 10.9 Å². The first-order chi connectivity index (χ1) is 15.2. The summed E-state index contributed by atoms with van der Waals surface area (Å²) in [5.74, 6) is 0.175. The summed E-state index contributed by atoms with van der Waals surface area (Å²) in [4.78, 5) is 17.5. The first-order valence-corrected chi connectivity index (χ1v) is 12.7. The molecule has 1 N–H and O–H groups in total. The van der Waals surface area contributed by atoms with Gasteiger partial charge in [0.2, 0.25) is 11.0 Å². The summed E-state index contributed by atoms with van der Waals surface area (Å²) in [6, 6.07) is 14.2. The van der Waals surface area contributed by atoms with Crippen LogP contribution in [0.5, 0.6) is 0 Å². The minimum atomic E-state index is -3.40. The molecule has 9 heteroatoms. The van der Waals surface area contributed by atoms with Gasteiger partial charge in [-0.05, 0) is 56.5 Å². The average molecular weight is 469 g/mol. The van der Waals surface area contributed by atoms with Gasteiger partial charge in [-0.1, -0.05) is 35.6 Å². The molecule has 0 aliphatic carbocycles. The molecule has 0 atom stereocenters. The lowest BCUT2D eigenvalue weighted by Gasteiger charge is -2.07. The van der Waals surface area contributed by atoms with E-state index in [4.69, 9.17) is 4.98 Å². The van der Waals surface area contributed by atoms with E-state index < -0.39 is 9.84 Å². The fraction of sp³-hybridized carbons (Fsp3) is 0.261. The fourth-order valence-corrected chi connectivity index (χ4v) is 6.00. The van der Waals surface area contributed by atoms with Crippen LogP contribution in [0.3, 0.4) is 0 Å². The van der Waals surface area contributed by atoms with E-state index in [1.54, 1.807) is 41.1 Å². The number of aromatic nitrogens is 3. The second-order valence-electron chi connectivity index (χ2n) is 7.79. The highest BCUT2D eigenvalue weighted by atomic mass is 32.2. The summed E-state index contributed by atoms with van der Waals surface area (Å²) < 4.78 is 27.5. The summed E-state index contributed by atoms with van der Waals surface area (Å²) in [5.41, 5.74) is 3.93. The van der Waals surface area contributed by atoms with Crippen molar-refractivity contribution in [3.8, 4) is 5.13 Å². The van der Waals surface area contributed by atoms with Gasteiger partial charge in [0.15, 0.2) is 9.84 Å². The van der Waals surface area contributed by atoms with Gasteiger partial charge in [0.1, 0.15) is 5.82 Å². The standard InChI is InChI=1S/C23H24N4O3S2/c1-15-12-16(2)22-19(13-15)31-23(25-22)27-20(14-17(3)26-27)24-21(28)10-7-11-32(29,30)18-8-5-4-6-9-18/h4-6,8-9,12-14H,7,10-11H2,1-3H3,(H,24,28). The van der Waals surface area contributed by atoms with Gasteiger partial charge >= 0.3 is 0 Å². The van der Waals surface area contributed by atoms with Crippen LogP contribution in [0.1, 0.15) is 29.7 Å². The van der Waals surface area contributed by atoms with Gasteiger partial charge in [-0.15, -0.1) is 0 Å². The fourth-order valence-electron chi connectivity index (χ4n) is 3.56. The number of thiazole rings is 1. The molecule has 2 heterocycles. The topological polar surface area (TPSA) is 93.9 Å². The van der Waals surface area contributed by atoms with Crippen molar-refractivity contribution in [2.75, 3.05) is 11.1 Å². The number of amides is 1. The monoisotopic (exact) mass is 468 g/mol. The minimum Gasteiger partial charge on any atom is -0.311 e. The molecule has 0 bridgehead atoms. The van der Waals surface area contributed by atoms with Crippen molar-refractivity contribution in [2.24, 2.45) is 0 Å². The Morgan fingerprint density at radius 3 is 2.59 bits per heavy atom. The summed E-state index contributed by atoms with van der Waals surface area (Å²) in [7, 11) is -3.40. The lowest BCUT2D eigenvalue weighted by atomic mass is 10.1. The highest BCUT2D eigenvalue weighted by molar-refractivity contribution is 7.91. The minimum absolute atomic E-state index is 0.0841. The number of rotatable bonds is 7. The molecule has 0 unspecified atom stereocenters. The Labute approximate surface area is 191 Å². The first-order valence-electron chi connectivity index (χ1n) is 10.3. The molecule has 0 spiro atoms. The number of nitrogens with zero attached hydrogens (tertiary/aromatic N) is 3. The average Bonchev–Trinajstić information content (AvgIpc) is 3.31. The molecule has 2 aromatic carbocycles. The van der Waals surface area contributed by atoms with E-state index >= 15 is 0 Å². The zero-order valence-corrected chi connectivity index (χ0v) is 19.8. The van der Waals surface area contributed by atoms with Crippen molar-refractivity contribution in [3.05, 3.63) is 65.4 Å². The summed E-state index contributed by atoms with van der Waals surface area (Å²) in [6.45, 7) is 5.92. The number of carbonyl (C=O) groups excluding carboxylic acids is 1. The molecule has 7 nitrogen and oxygen atoms in total. The van der Waals surface area contributed by atoms with Crippen molar-refractivity contribution in [1.29, 1.82) is 0 Å². The van der Waals surface area contributed by atoms with Crippen molar-refractivity contribution in [2.45, 2.75) is 38.5 Å². The molecule has 166 valence electrons. The summed E-state index contributed by atoms with van der Waals surface area (Å²) in [5, 5.41) is 8.02. The van der Waals surface area contributed by atoms with Gasteiger partial charge < -0.3 is 5.32 Å². The van der Waals surface area contributed by atoms with Crippen LogP contribution in [0.2, 0.25) is 0 Å². The number of carbonyl (C=O) groups is 1. The largest absolute Gasteiger partial charge is 0.311 e. The summed E-state index contributed by atoms with van der Waals surface area (Å²) >= 11 is 1.51. The van der Waals surface area contributed by atoms with Crippen LogP contribution in [0.4, 0.5) is 5.82 Å². The molecule has 32 heavy (non-hydrogen) atoms. The number of nitrogens with one attached hydrogen (secondary N) is 1. The second-order valence-corrected chi connectivity index (χ2v) is 10.9. The van der Waals surface area contributed by atoms with Gasteiger partial charge in [-0.25, -0.2) is 13.4 Å². The van der Waals surface area contributed by atoms with E-state index in [9.17, 15) is 13.2 Å². The predicted octanol–water partition coefficient (Wildman–Crippen LogP) is 4.60. The number of hydrogen-bond donors (Lipinski definition) is 1. The third-order valence-corrected chi connectivity index (χ3v) is 7.81. The first kappa shape index (κ1) is 22.2. The number of fused-ring (bicyclic) bond motifs is 1. The van der Waals surface area contributed by atoms with Crippen LogP contribution in [0.15, 0.2) is 53.4 Å². The molecule has 0 saturated carbocycles. The SMILES string of the molecule is Cc1cc(C)c2nc(-n3nc(C)cc3NC(=O)CCCS(=O)(=O)c3ccccc3)sc2c1. The number of hydrogen-bond acceptors (Lipinski definition) is 6. The number of anilines is 1. The van der Waals surface area contributed by atoms with Crippen LogP contribution in [-0.2, 0) is 14.6 Å². The lowest BCUT2D eigenvalue weighted by molar-refractivity contribution is -0.116. The molecule has 0 fully saturated rings. The van der Waals surface area contributed by atoms with E-state index in [0.717, 1.165) is 21.5 Å². The van der Waals surface area contributed by atoms with Gasteiger partial charge in [0.05, 0.1) is 26.6 Å². The van der Waals surface area contributed by atoms with Crippen LogP contribution in [0.25, 0.3) is 15.3 Å². The maximum Gasteiger partial charge on any atom is 0.225 e. The molecule has 0 saturated heterocycles. The number of benzene rings is 2. The third-order valence-electron chi connectivity index (χ3n) is 5.02. The Morgan fingerprint density at radius 1 is 1.09 bits per heavy atom. The predicted molar refractivity (Wildman–Crippen MR) is 127 cm³/mol. The van der Waals surface area contributed by atoms with Gasteiger partial charge in [0.25, 0.3) is 0 Å². The van der Waals surface area contributed by atoms with E-state index in [1.165, 1.54) is 16.9 Å². The number of sulfone groups is 1. The highest BCUT2D eigenvalue weighted by Crippen LogP contribution is 2.30. The molecular formula is C23H24N4O3S2. The Morgan fingerprint density at radius 2 is 1.84 bits per heavy atom. The molecule has 0 radical (unpaired) electrons. The van der Waals surface area contributed by atoms with Gasteiger partial charge in [-0.3, -0.25) is 4.79 Å². The normalized spacial score (nSPS) is 11.7. The second kappa shape index (κ2) is 8.84. The van der Waals surface area contributed by atoms with Crippen molar-refractivity contribution < 1.29 is 13.2 Å². The Kier molecular flexibility index (Phi) is 6.12. The molecule has 0 aliphatic rings. The zero-order chi connectivity index (χ0) is 22.9. The lowest BCUT2D eigenvalue weighted by Crippen LogP contribution is -2.16. The Balaban J connectivity index is 1.47.